The Bertz CT molecular complexity index is 354. The molecule has 16 heavy (non-hydrogen) atoms. The lowest BCUT2D eigenvalue weighted by Crippen LogP contribution is -2.32. The molecule has 1 rings (SSSR count). The minimum absolute atomic E-state index is 0.109. The first-order valence-electron chi connectivity index (χ1n) is 5.67. The number of hydrogen-bond acceptors (Lipinski definition) is 2. The van der Waals surface area contributed by atoms with E-state index in [1.807, 2.05) is 20.8 Å². The van der Waals surface area contributed by atoms with Gasteiger partial charge in [0.25, 0.3) is 0 Å². The van der Waals surface area contributed by atoms with Crippen molar-refractivity contribution < 1.29 is 9.50 Å². The number of hydrogen-bond donors (Lipinski definition) is 2. The van der Waals surface area contributed by atoms with Crippen LogP contribution in [0.3, 0.4) is 0 Å². The van der Waals surface area contributed by atoms with Gasteiger partial charge in [0.2, 0.25) is 0 Å². The van der Waals surface area contributed by atoms with Crippen molar-refractivity contribution in [2.24, 2.45) is 11.7 Å². The summed E-state index contributed by atoms with van der Waals surface area (Å²) in [5, 5.41) is 10.0. The van der Waals surface area contributed by atoms with Crippen LogP contribution in [0.4, 0.5) is 4.39 Å². The van der Waals surface area contributed by atoms with Crippen molar-refractivity contribution in [2.45, 2.75) is 39.3 Å². The standard InChI is InChI=1S/C13H20FNO/c1-4-8(2)13(16)12(15)11-7-10(14)6-5-9(11)3/h5-8,12-13,16H,4,15H2,1-3H3/t8?,12-,13+/m0/s1. The quantitative estimate of drug-likeness (QED) is 0.827. The summed E-state index contributed by atoms with van der Waals surface area (Å²) in [7, 11) is 0. The fourth-order valence-electron chi connectivity index (χ4n) is 1.75. The van der Waals surface area contributed by atoms with Crippen molar-refractivity contribution >= 4 is 0 Å². The van der Waals surface area contributed by atoms with Crippen LogP contribution < -0.4 is 5.73 Å². The number of aliphatic hydroxyl groups excluding tert-OH is 1. The molecule has 0 saturated carbocycles. The van der Waals surface area contributed by atoms with Crippen molar-refractivity contribution in [2.75, 3.05) is 0 Å². The Hall–Kier alpha value is -0.930. The van der Waals surface area contributed by atoms with Gasteiger partial charge in [-0.25, -0.2) is 4.39 Å². The monoisotopic (exact) mass is 225 g/mol. The summed E-state index contributed by atoms with van der Waals surface area (Å²) in [5.74, 6) is -0.204. The Morgan fingerprint density at radius 3 is 2.62 bits per heavy atom. The predicted octanol–water partition coefficient (Wildman–Crippen LogP) is 2.54. The van der Waals surface area contributed by atoms with Crippen LogP contribution in [-0.4, -0.2) is 11.2 Å². The third-order valence-corrected chi connectivity index (χ3v) is 3.20. The van der Waals surface area contributed by atoms with Gasteiger partial charge in [0.15, 0.2) is 0 Å². The van der Waals surface area contributed by atoms with Crippen LogP contribution in [0, 0.1) is 18.7 Å². The molecule has 0 aromatic heterocycles. The van der Waals surface area contributed by atoms with Gasteiger partial charge in [0.05, 0.1) is 12.1 Å². The molecule has 0 amide bonds. The summed E-state index contributed by atoms with van der Waals surface area (Å²) >= 11 is 0. The third-order valence-electron chi connectivity index (χ3n) is 3.20. The van der Waals surface area contributed by atoms with Crippen LogP contribution >= 0.6 is 0 Å². The van der Waals surface area contributed by atoms with Crippen LogP contribution in [-0.2, 0) is 0 Å². The average Bonchev–Trinajstić information content (AvgIpc) is 2.29. The van der Waals surface area contributed by atoms with Crippen LogP contribution in [0.5, 0.6) is 0 Å². The van der Waals surface area contributed by atoms with Gasteiger partial charge in [-0.1, -0.05) is 26.3 Å². The van der Waals surface area contributed by atoms with E-state index >= 15 is 0 Å². The molecule has 0 radical (unpaired) electrons. The summed E-state index contributed by atoms with van der Waals surface area (Å²) < 4.78 is 13.1. The normalized spacial score (nSPS) is 16.9. The van der Waals surface area contributed by atoms with Gasteiger partial charge in [0, 0.05) is 0 Å². The average molecular weight is 225 g/mol. The third kappa shape index (κ3) is 2.80. The van der Waals surface area contributed by atoms with Gasteiger partial charge in [-0.3, -0.25) is 0 Å². The Morgan fingerprint density at radius 1 is 1.44 bits per heavy atom. The van der Waals surface area contributed by atoms with E-state index < -0.39 is 12.1 Å². The second-order valence-corrected chi connectivity index (χ2v) is 4.40. The highest BCUT2D eigenvalue weighted by Crippen LogP contribution is 2.24. The number of aliphatic hydroxyl groups is 1. The number of halogens is 1. The van der Waals surface area contributed by atoms with Crippen LogP contribution in [0.2, 0.25) is 0 Å². The van der Waals surface area contributed by atoms with Crippen molar-refractivity contribution in [3.63, 3.8) is 0 Å². The zero-order valence-electron chi connectivity index (χ0n) is 10.1. The summed E-state index contributed by atoms with van der Waals surface area (Å²) in [5.41, 5.74) is 7.57. The maximum atomic E-state index is 13.1. The number of rotatable bonds is 4. The molecular formula is C13H20FNO. The molecule has 2 nitrogen and oxygen atoms in total. The Balaban J connectivity index is 2.95. The predicted molar refractivity (Wildman–Crippen MR) is 63.5 cm³/mol. The second kappa shape index (κ2) is 5.41. The molecule has 3 atom stereocenters. The Morgan fingerprint density at radius 2 is 2.06 bits per heavy atom. The molecule has 90 valence electrons. The van der Waals surface area contributed by atoms with Crippen molar-refractivity contribution in [1.29, 1.82) is 0 Å². The highest BCUT2D eigenvalue weighted by atomic mass is 19.1. The van der Waals surface area contributed by atoms with E-state index in [2.05, 4.69) is 0 Å². The second-order valence-electron chi connectivity index (χ2n) is 4.40. The smallest absolute Gasteiger partial charge is 0.123 e. The van der Waals surface area contributed by atoms with Crippen molar-refractivity contribution in [1.82, 2.24) is 0 Å². The molecule has 0 saturated heterocycles. The Kier molecular flexibility index (Phi) is 4.44. The molecule has 1 aromatic carbocycles. The zero-order valence-corrected chi connectivity index (χ0v) is 10.1. The van der Waals surface area contributed by atoms with E-state index in [0.29, 0.717) is 5.56 Å². The van der Waals surface area contributed by atoms with Gasteiger partial charge in [-0.2, -0.15) is 0 Å². The molecule has 0 aliphatic rings. The van der Waals surface area contributed by atoms with E-state index in [1.165, 1.54) is 12.1 Å². The summed E-state index contributed by atoms with van der Waals surface area (Å²) in [6, 6.07) is 3.98. The van der Waals surface area contributed by atoms with E-state index in [-0.39, 0.29) is 11.7 Å². The van der Waals surface area contributed by atoms with E-state index in [9.17, 15) is 9.50 Å². The van der Waals surface area contributed by atoms with E-state index in [0.717, 1.165) is 12.0 Å². The van der Waals surface area contributed by atoms with Crippen molar-refractivity contribution in [3.05, 3.63) is 35.1 Å². The van der Waals surface area contributed by atoms with E-state index in [4.69, 9.17) is 5.73 Å². The fraction of sp³-hybridized carbons (Fsp3) is 0.538. The lowest BCUT2D eigenvalue weighted by molar-refractivity contribution is 0.0877. The van der Waals surface area contributed by atoms with Gasteiger partial charge in [-0.05, 0) is 36.1 Å². The highest BCUT2D eigenvalue weighted by molar-refractivity contribution is 5.30. The highest BCUT2D eigenvalue weighted by Gasteiger charge is 2.23. The molecule has 0 aliphatic carbocycles. The van der Waals surface area contributed by atoms with Gasteiger partial charge in [0.1, 0.15) is 5.82 Å². The summed E-state index contributed by atoms with van der Waals surface area (Å²) in [6.07, 6.45) is 0.217. The maximum Gasteiger partial charge on any atom is 0.123 e. The lowest BCUT2D eigenvalue weighted by Gasteiger charge is -2.25. The van der Waals surface area contributed by atoms with Crippen molar-refractivity contribution in [3.8, 4) is 0 Å². The maximum absolute atomic E-state index is 13.1. The topological polar surface area (TPSA) is 46.2 Å². The molecule has 0 bridgehead atoms. The zero-order chi connectivity index (χ0) is 12.3. The molecular weight excluding hydrogens is 205 g/mol. The molecule has 1 unspecified atom stereocenters. The molecule has 3 N–H and O–H groups in total. The number of nitrogens with two attached hydrogens (primary N) is 1. The van der Waals surface area contributed by atoms with Gasteiger partial charge < -0.3 is 10.8 Å². The van der Waals surface area contributed by atoms with E-state index in [1.54, 1.807) is 6.07 Å². The molecule has 1 aromatic rings. The minimum Gasteiger partial charge on any atom is -0.391 e. The number of aryl methyl sites for hydroxylation is 1. The SMILES string of the molecule is CCC(C)[C@@H](O)[C@@H](N)c1cc(F)ccc1C. The summed E-state index contributed by atoms with van der Waals surface area (Å²) in [6.45, 7) is 5.82. The van der Waals surface area contributed by atoms with Gasteiger partial charge >= 0.3 is 0 Å². The largest absolute Gasteiger partial charge is 0.391 e. The fourth-order valence-corrected chi connectivity index (χ4v) is 1.75. The molecule has 0 heterocycles. The molecule has 0 fully saturated rings. The minimum atomic E-state index is -0.634. The Labute approximate surface area is 96.3 Å². The first-order valence-corrected chi connectivity index (χ1v) is 5.67. The molecule has 0 aliphatic heterocycles. The lowest BCUT2D eigenvalue weighted by atomic mass is 9.89. The molecule has 3 heteroatoms. The van der Waals surface area contributed by atoms with Gasteiger partial charge in [-0.15, -0.1) is 0 Å². The van der Waals surface area contributed by atoms with Crippen LogP contribution in [0.15, 0.2) is 18.2 Å². The first-order chi connectivity index (χ1) is 7.47. The first kappa shape index (κ1) is 13.1. The van der Waals surface area contributed by atoms with Crippen LogP contribution in [0.1, 0.15) is 37.4 Å². The summed E-state index contributed by atoms with van der Waals surface area (Å²) in [4.78, 5) is 0. The molecule has 0 spiro atoms. The van der Waals surface area contributed by atoms with Crippen LogP contribution in [0.25, 0.3) is 0 Å². The number of benzene rings is 1.